The molecule has 7 heteroatoms. The fourth-order valence-corrected chi connectivity index (χ4v) is 5.83. The van der Waals surface area contributed by atoms with Crippen LogP contribution in [0.25, 0.3) is 0 Å². The lowest BCUT2D eigenvalue weighted by molar-refractivity contribution is -0.153. The third-order valence-electron chi connectivity index (χ3n) is 7.55. The molecule has 0 radical (unpaired) electrons. The maximum Gasteiger partial charge on any atom is 0.458 e. The van der Waals surface area contributed by atoms with E-state index in [1.165, 1.54) is 25.7 Å². The van der Waals surface area contributed by atoms with Crippen LogP contribution in [-0.4, -0.2) is 57.6 Å². The van der Waals surface area contributed by atoms with Crippen LogP contribution in [0.3, 0.4) is 0 Å². The van der Waals surface area contributed by atoms with Gasteiger partial charge in [0.2, 0.25) is 0 Å². The second-order valence-corrected chi connectivity index (χ2v) is 9.12. The van der Waals surface area contributed by atoms with Gasteiger partial charge in [-0.25, -0.2) is 0 Å². The predicted molar refractivity (Wildman–Crippen MR) is 121 cm³/mol. The molecule has 0 bridgehead atoms. The molecule has 1 heterocycles. The summed E-state index contributed by atoms with van der Waals surface area (Å²) in [6, 6.07) is 10.1. The van der Waals surface area contributed by atoms with E-state index in [0.29, 0.717) is 12.7 Å². The lowest BCUT2D eigenvalue weighted by Crippen LogP contribution is -2.56. The van der Waals surface area contributed by atoms with Crippen molar-refractivity contribution in [3.8, 4) is 0 Å². The fraction of sp³-hybridized carbons (Fsp3) is 0.708. The van der Waals surface area contributed by atoms with Crippen LogP contribution in [0.2, 0.25) is 6.32 Å². The van der Waals surface area contributed by atoms with Gasteiger partial charge in [0.05, 0.1) is 29.1 Å². The topological polar surface area (TPSA) is 58.5 Å². The minimum absolute atomic E-state index is 0.109. The zero-order valence-electron chi connectivity index (χ0n) is 19.2. The van der Waals surface area contributed by atoms with Gasteiger partial charge in [0.15, 0.2) is 0 Å². The number of methoxy groups -OCH3 is 2. The van der Waals surface area contributed by atoms with Crippen LogP contribution in [0.4, 0.5) is 0 Å². The van der Waals surface area contributed by atoms with Gasteiger partial charge in [-0.05, 0) is 44.0 Å². The van der Waals surface area contributed by atoms with Crippen LogP contribution < -0.4 is 0 Å². The quantitative estimate of drug-likeness (QED) is 0.326. The number of ether oxygens (including phenoxy) is 2. The van der Waals surface area contributed by atoms with Crippen LogP contribution in [0.15, 0.2) is 35.5 Å². The summed E-state index contributed by atoms with van der Waals surface area (Å²) >= 11 is 0. The fourth-order valence-electron chi connectivity index (χ4n) is 5.83. The number of oxime groups is 1. The summed E-state index contributed by atoms with van der Waals surface area (Å²) in [6.07, 6.45) is 9.95. The molecule has 1 aromatic rings. The molecule has 0 spiro atoms. The highest BCUT2D eigenvalue weighted by Gasteiger charge is 2.59. The van der Waals surface area contributed by atoms with Gasteiger partial charge in [-0.15, -0.1) is 0 Å². The molecule has 0 unspecified atom stereocenters. The normalized spacial score (nSPS) is 27.7. The van der Waals surface area contributed by atoms with Gasteiger partial charge in [0, 0.05) is 14.2 Å². The van der Waals surface area contributed by atoms with Crippen LogP contribution in [0, 0.1) is 0 Å². The molecule has 31 heavy (non-hydrogen) atoms. The summed E-state index contributed by atoms with van der Waals surface area (Å²) in [5.74, 6) is 0. The van der Waals surface area contributed by atoms with Crippen molar-refractivity contribution in [1.29, 1.82) is 0 Å². The summed E-state index contributed by atoms with van der Waals surface area (Å²) in [7, 11) is 4.93. The molecule has 2 saturated carbocycles. The molecule has 6 nitrogen and oxygen atoms in total. The lowest BCUT2D eigenvalue weighted by Gasteiger charge is -2.43. The largest absolute Gasteiger partial charge is 0.458 e. The molecule has 0 aromatic heterocycles. The first-order valence-corrected chi connectivity index (χ1v) is 11.7. The minimum Gasteiger partial charge on any atom is -0.403 e. The maximum atomic E-state index is 6.63. The highest BCUT2D eigenvalue weighted by atomic mass is 16.7. The van der Waals surface area contributed by atoms with Gasteiger partial charge in [-0.1, -0.05) is 61.2 Å². The Morgan fingerprint density at radius 1 is 0.903 bits per heavy atom. The molecule has 2 atom stereocenters. The predicted octanol–water partition coefficient (Wildman–Crippen LogP) is 4.62. The van der Waals surface area contributed by atoms with Crippen molar-refractivity contribution in [3.05, 3.63) is 35.9 Å². The number of hydrogen-bond donors (Lipinski definition) is 0. The van der Waals surface area contributed by atoms with Crippen molar-refractivity contribution >= 4 is 12.8 Å². The van der Waals surface area contributed by atoms with Gasteiger partial charge < -0.3 is 23.6 Å². The van der Waals surface area contributed by atoms with E-state index in [4.69, 9.17) is 23.6 Å². The Balaban J connectivity index is 1.52. The highest BCUT2D eigenvalue weighted by Crippen LogP contribution is 2.48. The Bertz CT molecular complexity index is 699. The zero-order valence-corrected chi connectivity index (χ0v) is 19.2. The smallest absolute Gasteiger partial charge is 0.403 e. The van der Waals surface area contributed by atoms with Crippen molar-refractivity contribution in [2.24, 2.45) is 5.16 Å². The van der Waals surface area contributed by atoms with E-state index >= 15 is 0 Å². The summed E-state index contributed by atoms with van der Waals surface area (Å²) in [5, 5.41) is 4.26. The van der Waals surface area contributed by atoms with E-state index in [2.05, 4.69) is 17.3 Å². The summed E-state index contributed by atoms with van der Waals surface area (Å²) in [4.78, 5) is 5.11. The lowest BCUT2D eigenvalue weighted by atomic mass is 9.81. The molecule has 1 aromatic carbocycles. The first-order chi connectivity index (χ1) is 15.2. The Labute approximate surface area is 186 Å². The van der Waals surface area contributed by atoms with Crippen molar-refractivity contribution in [2.75, 3.05) is 21.3 Å². The molecule has 1 aliphatic heterocycles. The molecule has 0 N–H and O–H groups in total. The molecule has 3 fully saturated rings. The van der Waals surface area contributed by atoms with Crippen LogP contribution in [0.5, 0.6) is 0 Å². The second kappa shape index (κ2) is 10.0. The molecule has 170 valence electrons. The number of nitrogens with zero attached hydrogens (tertiary/aromatic N) is 1. The molecule has 0 amide bonds. The van der Waals surface area contributed by atoms with Crippen molar-refractivity contribution in [1.82, 2.24) is 0 Å². The van der Waals surface area contributed by atoms with E-state index < -0.39 is 0 Å². The highest BCUT2D eigenvalue weighted by molar-refractivity contribution is 6.45. The summed E-state index contributed by atoms with van der Waals surface area (Å²) < 4.78 is 25.5. The Morgan fingerprint density at radius 2 is 1.42 bits per heavy atom. The molecular weight excluding hydrogens is 393 g/mol. The zero-order chi connectivity index (χ0) is 21.7. The van der Waals surface area contributed by atoms with Gasteiger partial charge in [-0.2, -0.15) is 0 Å². The van der Waals surface area contributed by atoms with E-state index in [0.717, 1.165) is 37.0 Å². The van der Waals surface area contributed by atoms with Gasteiger partial charge in [-0.3, -0.25) is 0 Å². The number of benzene rings is 1. The Kier molecular flexibility index (Phi) is 7.37. The third-order valence-corrected chi connectivity index (χ3v) is 7.55. The Hall–Kier alpha value is -1.41. The standard InChI is InChI=1S/C24H36BNO5/c1-27-23(14-7-8-15-23)21-22(24(28-2)16-9-10-17-24)31-25(30-21)18-13-20(26-29-3)19-11-5-4-6-12-19/h4-6,11-12,21-22H,7-10,13-18H2,1-3H3/b26-20-/t21-,22-/m1/s1. The maximum absolute atomic E-state index is 6.63. The first kappa shape index (κ1) is 22.8. The summed E-state index contributed by atoms with van der Waals surface area (Å²) in [5.41, 5.74) is 1.40. The van der Waals surface area contributed by atoms with Crippen LogP contribution in [-0.2, 0) is 23.6 Å². The minimum atomic E-state index is -0.305. The van der Waals surface area contributed by atoms with Crippen molar-refractivity contribution < 1.29 is 23.6 Å². The molecule has 3 aliphatic rings. The number of rotatable bonds is 9. The van der Waals surface area contributed by atoms with E-state index in [1.54, 1.807) is 7.11 Å². The van der Waals surface area contributed by atoms with Crippen molar-refractivity contribution in [2.45, 2.75) is 87.5 Å². The van der Waals surface area contributed by atoms with E-state index in [-0.39, 0.29) is 30.5 Å². The molecular formula is C24H36BNO5. The van der Waals surface area contributed by atoms with Gasteiger partial charge in [0.1, 0.15) is 7.11 Å². The van der Waals surface area contributed by atoms with Crippen molar-refractivity contribution in [3.63, 3.8) is 0 Å². The third kappa shape index (κ3) is 4.56. The SMILES string of the molecule is CO/N=C(/CCB1O[C@@H](C2(OC)CCCC2)[C@H](C2(OC)CCCC2)O1)c1ccccc1. The molecule has 1 saturated heterocycles. The van der Waals surface area contributed by atoms with Crippen LogP contribution >= 0.6 is 0 Å². The molecule has 4 rings (SSSR count). The molecule has 2 aliphatic carbocycles. The average Bonchev–Trinajstić information content (AvgIpc) is 3.57. The second-order valence-electron chi connectivity index (χ2n) is 9.12. The summed E-state index contributed by atoms with van der Waals surface area (Å²) in [6.45, 7) is 0. The van der Waals surface area contributed by atoms with Crippen LogP contribution in [0.1, 0.15) is 63.4 Å². The Morgan fingerprint density at radius 3 is 1.87 bits per heavy atom. The van der Waals surface area contributed by atoms with Gasteiger partial charge in [0.25, 0.3) is 0 Å². The first-order valence-electron chi connectivity index (χ1n) is 11.7. The van der Waals surface area contributed by atoms with E-state index in [9.17, 15) is 0 Å². The van der Waals surface area contributed by atoms with Gasteiger partial charge >= 0.3 is 7.12 Å². The number of hydrogen-bond acceptors (Lipinski definition) is 6. The monoisotopic (exact) mass is 429 g/mol. The van der Waals surface area contributed by atoms with E-state index in [1.807, 2.05) is 32.4 Å². The average molecular weight is 429 g/mol.